The molecule has 2 aromatic rings. The molecule has 0 aliphatic heterocycles. The molecule has 2 aromatic carbocycles. The minimum Gasteiger partial charge on any atom is -0.330 e. The summed E-state index contributed by atoms with van der Waals surface area (Å²) in [6, 6.07) is 14.2. The SMILES string of the molecule is CCN(C(=O)C(CN)C(C)C)c1cccc2ccccc12. The topological polar surface area (TPSA) is 46.3 Å². The van der Waals surface area contributed by atoms with E-state index in [4.69, 9.17) is 5.73 Å². The number of nitrogens with zero attached hydrogens (tertiary/aromatic N) is 1. The van der Waals surface area contributed by atoms with Crippen molar-refractivity contribution in [2.45, 2.75) is 20.8 Å². The van der Waals surface area contributed by atoms with Crippen LogP contribution in [0.5, 0.6) is 0 Å². The molecule has 0 heterocycles. The third-order valence-corrected chi connectivity index (χ3v) is 4.02. The predicted octanol–water partition coefficient (Wildman–Crippen LogP) is 3.42. The molecule has 1 atom stereocenters. The molecule has 0 saturated carbocycles. The first-order valence-corrected chi connectivity index (χ1v) is 7.59. The summed E-state index contributed by atoms with van der Waals surface area (Å²) in [5.41, 5.74) is 6.78. The summed E-state index contributed by atoms with van der Waals surface area (Å²) >= 11 is 0. The summed E-state index contributed by atoms with van der Waals surface area (Å²) in [4.78, 5) is 14.7. The van der Waals surface area contributed by atoms with Gasteiger partial charge in [0.1, 0.15) is 0 Å². The van der Waals surface area contributed by atoms with Gasteiger partial charge >= 0.3 is 0 Å². The molecule has 0 aromatic heterocycles. The van der Waals surface area contributed by atoms with E-state index < -0.39 is 0 Å². The molecule has 2 rings (SSSR count). The van der Waals surface area contributed by atoms with Crippen molar-refractivity contribution in [3.8, 4) is 0 Å². The molecule has 2 N–H and O–H groups in total. The lowest BCUT2D eigenvalue weighted by atomic mass is 9.94. The molecule has 112 valence electrons. The lowest BCUT2D eigenvalue weighted by Gasteiger charge is -2.28. The molecule has 0 saturated heterocycles. The molecule has 0 fully saturated rings. The van der Waals surface area contributed by atoms with Crippen molar-refractivity contribution in [2.24, 2.45) is 17.6 Å². The van der Waals surface area contributed by atoms with Crippen LogP contribution in [0.3, 0.4) is 0 Å². The quantitative estimate of drug-likeness (QED) is 0.914. The number of benzene rings is 2. The maximum atomic E-state index is 12.8. The first kappa shape index (κ1) is 15.5. The molecule has 0 bridgehead atoms. The fourth-order valence-electron chi connectivity index (χ4n) is 2.75. The molecule has 0 aliphatic rings. The second-order valence-electron chi connectivity index (χ2n) is 5.67. The predicted molar refractivity (Wildman–Crippen MR) is 89.4 cm³/mol. The van der Waals surface area contributed by atoms with Gasteiger partial charge in [0.15, 0.2) is 0 Å². The van der Waals surface area contributed by atoms with Crippen LogP contribution in [0.2, 0.25) is 0 Å². The van der Waals surface area contributed by atoms with E-state index >= 15 is 0 Å². The number of carbonyl (C=O) groups excluding carboxylic acids is 1. The second kappa shape index (κ2) is 6.72. The first-order chi connectivity index (χ1) is 10.1. The van der Waals surface area contributed by atoms with Crippen molar-refractivity contribution in [1.29, 1.82) is 0 Å². The Labute approximate surface area is 126 Å². The number of nitrogens with two attached hydrogens (primary N) is 1. The van der Waals surface area contributed by atoms with Gasteiger partial charge in [0.05, 0.1) is 11.6 Å². The van der Waals surface area contributed by atoms with Gasteiger partial charge < -0.3 is 10.6 Å². The van der Waals surface area contributed by atoms with Crippen LogP contribution in [-0.4, -0.2) is 19.0 Å². The molecular formula is C18H24N2O. The average molecular weight is 284 g/mol. The Balaban J connectivity index is 2.47. The van der Waals surface area contributed by atoms with Crippen LogP contribution in [0.1, 0.15) is 20.8 Å². The van der Waals surface area contributed by atoms with E-state index in [9.17, 15) is 4.79 Å². The zero-order chi connectivity index (χ0) is 15.4. The average Bonchev–Trinajstić information content (AvgIpc) is 2.48. The van der Waals surface area contributed by atoms with Gasteiger partial charge in [-0.2, -0.15) is 0 Å². The number of amides is 1. The van der Waals surface area contributed by atoms with Crippen molar-refractivity contribution < 1.29 is 4.79 Å². The molecular weight excluding hydrogens is 260 g/mol. The Bertz CT molecular complexity index is 616. The van der Waals surface area contributed by atoms with E-state index in [1.165, 1.54) is 0 Å². The molecule has 1 unspecified atom stereocenters. The summed E-state index contributed by atoms with van der Waals surface area (Å²) in [7, 11) is 0. The standard InChI is InChI=1S/C18H24N2O/c1-4-20(18(21)16(12-19)13(2)3)17-11-7-9-14-8-5-6-10-15(14)17/h5-11,13,16H,4,12,19H2,1-3H3. The minimum absolute atomic E-state index is 0.117. The summed E-state index contributed by atoms with van der Waals surface area (Å²) in [6.07, 6.45) is 0. The third kappa shape index (κ3) is 3.08. The van der Waals surface area contributed by atoms with Crippen LogP contribution in [-0.2, 0) is 4.79 Å². The zero-order valence-electron chi connectivity index (χ0n) is 13.0. The van der Waals surface area contributed by atoms with Crippen molar-refractivity contribution in [3.63, 3.8) is 0 Å². The highest BCUT2D eigenvalue weighted by Gasteiger charge is 2.26. The molecule has 0 spiro atoms. The first-order valence-electron chi connectivity index (χ1n) is 7.59. The van der Waals surface area contributed by atoms with Gasteiger partial charge in [-0.3, -0.25) is 4.79 Å². The van der Waals surface area contributed by atoms with E-state index in [-0.39, 0.29) is 17.7 Å². The number of fused-ring (bicyclic) bond motifs is 1. The van der Waals surface area contributed by atoms with Gasteiger partial charge in [-0.15, -0.1) is 0 Å². The highest BCUT2D eigenvalue weighted by Crippen LogP contribution is 2.28. The summed E-state index contributed by atoms with van der Waals surface area (Å²) in [5, 5.41) is 2.25. The fraction of sp³-hybridized carbons (Fsp3) is 0.389. The molecule has 3 heteroatoms. The number of rotatable bonds is 5. The van der Waals surface area contributed by atoms with Crippen LogP contribution >= 0.6 is 0 Å². The van der Waals surface area contributed by atoms with Crippen LogP contribution in [0, 0.1) is 11.8 Å². The third-order valence-electron chi connectivity index (χ3n) is 4.02. The van der Waals surface area contributed by atoms with Gasteiger partial charge in [-0.1, -0.05) is 50.2 Å². The highest BCUT2D eigenvalue weighted by atomic mass is 16.2. The maximum absolute atomic E-state index is 12.8. The zero-order valence-corrected chi connectivity index (χ0v) is 13.0. The van der Waals surface area contributed by atoms with Crippen molar-refractivity contribution >= 4 is 22.4 Å². The van der Waals surface area contributed by atoms with Crippen molar-refractivity contribution in [1.82, 2.24) is 0 Å². The van der Waals surface area contributed by atoms with Crippen LogP contribution in [0.15, 0.2) is 42.5 Å². The number of anilines is 1. The maximum Gasteiger partial charge on any atom is 0.231 e. The Hall–Kier alpha value is -1.87. The molecule has 3 nitrogen and oxygen atoms in total. The van der Waals surface area contributed by atoms with E-state index in [1.807, 2.05) is 49.9 Å². The van der Waals surface area contributed by atoms with E-state index in [1.54, 1.807) is 0 Å². The lowest BCUT2D eigenvalue weighted by Crippen LogP contribution is -2.41. The monoisotopic (exact) mass is 284 g/mol. The van der Waals surface area contributed by atoms with E-state index in [0.717, 1.165) is 16.5 Å². The molecule has 0 radical (unpaired) electrons. The number of carbonyl (C=O) groups is 1. The van der Waals surface area contributed by atoms with Crippen LogP contribution in [0.25, 0.3) is 10.8 Å². The molecule has 1 amide bonds. The number of hydrogen-bond donors (Lipinski definition) is 1. The van der Waals surface area contributed by atoms with Gasteiger partial charge in [-0.25, -0.2) is 0 Å². The van der Waals surface area contributed by atoms with Crippen LogP contribution in [0.4, 0.5) is 5.69 Å². The molecule has 0 aliphatic carbocycles. The van der Waals surface area contributed by atoms with Crippen molar-refractivity contribution in [2.75, 3.05) is 18.0 Å². The highest BCUT2D eigenvalue weighted by molar-refractivity contribution is 6.04. The fourth-order valence-corrected chi connectivity index (χ4v) is 2.75. The Kier molecular flexibility index (Phi) is 4.97. The van der Waals surface area contributed by atoms with Crippen molar-refractivity contribution in [3.05, 3.63) is 42.5 Å². The summed E-state index contributed by atoms with van der Waals surface area (Å²) in [5.74, 6) is 0.224. The summed E-state index contributed by atoms with van der Waals surface area (Å²) < 4.78 is 0. The van der Waals surface area contributed by atoms with E-state index in [0.29, 0.717) is 13.1 Å². The molecule has 21 heavy (non-hydrogen) atoms. The van der Waals surface area contributed by atoms with Gasteiger partial charge in [0, 0.05) is 18.5 Å². The largest absolute Gasteiger partial charge is 0.330 e. The Morgan fingerprint density at radius 3 is 2.43 bits per heavy atom. The lowest BCUT2D eigenvalue weighted by molar-refractivity contribution is -0.123. The Morgan fingerprint density at radius 1 is 1.14 bits per heavy atom. The Morgan fingerprint density at radius 2 is 1.81 bits per heavy atom. The van der Waals surface area contributed by atoms with Crippen LogP contribution < -0.4 is 10.6 Å². The van der Waals surface area contributed by atoms with Gasteiger partial charge in [0.25, 0.3) is 0 Å². The minimum atomic E-state index is -0.135. The normalized spacial score (nSPS) is 12.6. The summed E-state index contributed by atoms with van der Waals surface area (Å²) in [6.45, 7) is 7.14. The van der Waals surface area contributed by atoms with Gasteiger partial charge in [0.2, 0.25) is 5.91 Å². The smallest absolute Gasteiger partial charge is 0.231 e. The number of hydrogen-bond acceptors (Lipinski definition) is 2. The second-order valence-corrected chi connectivity index (χ2v) is 5.67. The van der Waals surface area contributed by atoms with E-state index in [2.05, 4.69) is 18.2 Å². The van der Waals surface area contributed by atoms with Gasteiger partial charge in [-0.05, 0) is 24.3 Å².